The van der Waals surface area contributed by atoms with Crippen LogP contribution in [0.1, 0.15) is 33.2 Å². The predicted octanol–water partition coefficient (Wildman–Crippen LogP) is 2.77. The van der Waals surface area contributed by atoms with Gasteiger partial charge in [-0.1, -0.05) is 30.3 Å². The van der Waals surface area contributed by atoms with E-state index >= 15 is 0 Å². The number of carbonyl (C=O) groups is 3. The number of rotatable bonds is 5. The smallest absolute Gasteiger partial charge is 0.336 e. The van der Waals surface area contributed by atoms with Gasteiger partial charge in [-0.15, -0.1) is 0 Å². The van der Waals surface area contributed by atoms with Crippen LogP contribution >= 0.6 is 0 Å². The SMILES string of the molecule is CC(=O)Nc1ccc(CC(=O)c2ccccc2C(=O)O)cc1. The topological polar surface area (TPSA) is 83.5 Å². The fraction of sp³-hybridized carbons (Fsp3) is 0.118. The zero-order valence-corrected chi connectivity index (χ0v) is 12.0. The van der Waals surface area contributed by atoms with Crippen LogP contribution in [0.25, 0.3) is 0 Å². The van der Waals surface area contributed by atoms with Crippen molar-refractivity contribution >= 4 is 23.3 Å². The predicted molar refractivity (Wildman–Crippen MR) is 82.2 cm³/mol. The molecule has 0 aliphatic carbocycles. The van der Waals surface area contributed by atoms with Gasteiger partial charge in [0, 0.05) is 24.6 Å². The van der Waals surface area contributed by atoms with Gasteiger partial charge in [0.2, 0.25) is 5.91 Å². The van der Waals surface area contributed by atoms with Crippen molar-refractivity contribution in [3.8, 4) is 0 Å². The zero-order chi connectivity index (χ0) is 16.1. The Morgan fingerprint density at radius 2 is 1.55 bits per heavy atom. The summed E-state index contributed by atoms with van der Waals surface area (Å²) in [5.41, 5.74) is 1.59. The zero-order valence-electron chi connectivity index (χ0n) is 12.0. The van der Waals surface area contributed by atoms with Crippen LogP contribution in [0.3, 0.4) is 0 Å². The second kappa shape index (κ2) is 6.67. The molecule has 2 aromatic carbocycles. The van der Waals surface area contributed by atoms with E-state index in [4.69, 9.17) is 5.11 Å². The first-order valence-corrected chi connectivity index (χ1v) is 6.69. The van der Waals surface area contributed by atoms with Crippen LogP contribution in [0.5, 0.6) is 0 Å². The Morgan fingerprint density at radius 3 is 2.09 bits per heavy atom. The molecule has 0 saturated heterocycles. The highest BCUT2D eigenvalue weighted by molar-refractivity contribution is 6.06. The second-order valence-electron chi connectivity index (χ2n) is 4.83. The number of benzene rings is 2. The minimum absolute atomic E-state index is 0.00219. The molecular formula is C17H15NO4. The fourth-order valence-corrected chi connectivity index (χ4v) is 2.10. The molecule has 5 heteroatoms. The van der Waals surface area contributed by atoms with Gasteiger partial charge >= 0.3 is 5.97 Å². The van der Waals surface area contributed by atoms with Crippen LogP contribution in [-0.4, -0.2) is 22.8 Å². The molecule has 0 saturated carbocycles. The maximum Gasteiger partial charge on any atom is 0.336 e. The van der Waals surface area contributed by atoms with Crippen LogP contribution in [0.2, 0.25) is 0 Å². The molecule has 0 aromatic heterocycles. The molecule has 112 valence electrons. The Balaban J connectivity index is 2.15. The number of hydrogen-bond donors (Lipinski definition) is 2. The third kappa shape index (κ3) is 3.79. The highest BCUT2D eigenvalue weighted by Gasteiger charge is 2.15. The summed E-state index contributed by atoms with van der Waals surface area (Å²) in [6.45, 7) is 1.42. The van der Waals surface area contributed by atoms with Crippen LogP contribution in [0.4, 0.5) is 5.69 Å². The van der Waals surface area contributed by atoms with E-state index in [0.717, 1.165) is 5.56 Å². The summed E-state index contributed by atoms with van der Waals surface area (Å²) in [6.07, 6.45) is 0.102. The Kier molecular flexibility index (Phi) is 4.68. The average Bonchev–Trinajstić information content (AvgIpc) is 2.48. The van der Waals surface area contributed by atoms with Crippen molar-refractivity contribution < 1.29 is 19.5 Å². The minimum atomic E-state index is -1.12. The number of carboxylic acids is 1. The maximum atomic E-state index is 12.3. The Morgan fingerprint density at radius 1 is 0.955 bits per heavy atom. The number of hydrogen-bond acceptors (Lipinski definition) is 3. The molecule has 0 unspecified atom stereocenters. The number of Topliss-reactive ketones (excluding diaryl/α,β-unsaturated/α-hetero) is 1. The van der Waals surface area contributed by atoms with Crippen molar-refractivity contribution in [1.29, 1.82) is 0 Å². The number of carbonyl (C=O) groups excluding carboxylic acids is 2. The van der Waals surface area contributed by atoms with E-state index in [1.807, 2.05) is 0 Å². The van der Waals surface area contributed by atoms with E-state index in [-0.39, 0.29) is 29.2 Å². The summed E-state index contributed by atoms with van der Waals surface area (Å²) in [7, 11) is 0. The molecule has 0 radical (unpaired) electrons. The fourth-order valence-electron chi connectivity index (χ4n) is 2.10. The summed E-state index contributed by atoms with van der Waals surface area (Å²) >= 11 is 0. The van der Waals surface area contributed by atoms with E-state index in [1.54, 1.807) is 36.4 Å². The number of ketones is 1. The maximum absolute atomic E-state index is 12.3. The van der Waals surface area contributed by atoms with Gasteiger partial charge < -0.3 is 10.4 Å². The molecule has 2 aromatic rings. The van der Waals surface area contributed by atoms with Gasteiger partial charge in [-0.25, -0.2) is 4.79 Å². The molecule has 5 nitrogen and oxygen atoms in total. The van der Waals surface area contributed by atoms with Crippen molar-refractivity contribution in [2.75, 3.05) is 5.32 Å². The number of amides is 1. The Labute approximate surface area is 127 Å². The molecule has 0 atom stereocenters. The minimum Gasteiger partial charge on any atom is -0.478 e. The normalized spacial score (nSPS) is 10.0. The van der Waals surface area contributed by atoms with Crippen molar-refractivity contribution in [1.82, 2.24) is 0 Å². The molecule has 0 fully saturated rings. The van der Waals surface area contributed by atoms with Gasteiger partial charge in [0.15, 0.2) is 5.78 Å². The van der Waals surface area contributed by atoms with Gasteiger partial charge in [-0.2, -0.15) is 0 Å². The molecule has 2 N–H and O–H groups in total. The first-order valence-electron chi connectivity index (χ1n) is 6.69. The van der Waals surface area contributed by atoms with Gasteiger partial charge in [0.1, 0.15) is 0 Å². The van der Waals surface area contributed by atoms with Crippen LogP contribution in [0.15, 0.2) is 48.5 Å². The molecule has 0 bridgehead atoms. The third-order valence-electron chi connectivity index (χ3n) is 3.10. The lowest BCUT2D eigenvalue weighted by Gasteiger charge is -2.06. The van der Waals surface area contributed by atoms with Crippen molar-refractivity contribution in [2.45, 2.75) is 13.3 Å². The molecule has 0 spiro atoms. The van der Waals surface area contributed by atoms with E-state index < -0.39 is 5.97 Å². The highest BCUT2D eigenvalue weighted by atomic mass is 16.4. The van der Waals surface area contributed by atoms with Crippen molar-refractivity contribution in [2.24, 2.45) is 0 Å². The monoisotopic (exact) mass is 297 g/mol. The second-order valence-corrected chi connectivity index (χ2v) is 4.83. The number of anilines is 1. The molecule has 0 aliphatic rings. The Bertz CT molecular complexity index is 720. The van der Waals surface area contributed by atoms with Crippen LogP contribution in [0, 0.1) is 0 Å². The lowest BCUT2D eigenvalue weighted by molar-refractivity contribution is -0.114. The summed E-state index contributed by atoms with van der Waals surface area (Å²) in [4.78, 5) is 34.3. The van der Waals surface area contributed by atoms with Crippen molar-refractivity contribution in [3.63, 3.8) is 0 Å². The van der Waals surface area contributed by atoms with Crippen LogP contribution in [-0.2, 0) is 11.2 Å². The number of carboxylic acid groups (broad SMARTS) is 1. The molecule has 22 heavy (non-hydrogen) atoms. The van der Waals surface area contributed by atoms with Gasteiger partial charge in [-0.3, -0.25) is 9.59 Å². The summed E-state index contributed by atoms with van der Waals surface area (Å²) in [5, 5.41) is 11.7. The molecule has 1 amide bonds. The van der Waals surface area contributed by atoms with Crippen LogP contribution < -0.4 is 5.32 Å². The quantitative estimate of drug-likeness (QED) is 0.831. The largest absolute Gasteiger partial charge is 0.478 e. The lowest BCUT2D eigenvalue weighted by Crippen LogP contribution is -2.11. The summed E-state index contributed by atoms with van der Waals surface area (Å²) < 4.78 is 0. The Hall–Kier alpha value is -2.95. The first-order chi connectivity index (χ1) is 10.5. The van der Waals surface area contributed by atoms with Gasteiger partial charge in [0.05, 0.1) is 5.56 Å². The molecule has 0 heterocycles. The highest BCUT2D eigenvalue weighted by Crippen LogP contribution is 2.15. The molecule has 2 rings (SSSR count). The standard InChI is InChI=1S/C17H15NO4/c1-11(19)18-13-8-6-12(7-9-13)10-16(20)14-4-2-3-5-15(14)17(21)22/h2-9H,10H2,1H3,(H,18,19)(H,21,22). The van der Waals surface area contributed by atoms with Gasteiger partial charge in [0.25, 0.3) is 0 Å². The molecular weight excluding hydrogens is 282 g/mol. The lowest BCUT2D eigenvalue weighted by atomic mass is 9.98. The third-order valence-corrected chi connectivity index (χ3v) is 3.10. The number of nitrogens with one attached hydrogen (secondary N) is 1. The molecule has 0 aliphatic heterocycles. The van der Waals surface area contributed by atoms with E-state index in [9.17, 15) is 14.4 Å². The van der Waals surface area contributed by atoms with Crippen molar-refractivity contribution in [3.05, 3.63) is 65.2 Å². The number of aromatic carboxylic acids is 1. The first kappa shape index (κ1) is 15.4. The average molecular weight is 297 g/mol. The summed E-state index contributed by atoms with van der Waals surface area (Å²) in [6, 6.07) is 13.0. The van der Waals surface area contributed by atoms with Gasteiger partial charge in [-0.05, 0) is 23.8 Å². The van der Waals surface area contributed by atoms with E-state index in [1.165, 1.54) is 19.1 Å². The summed E-state index contributed by atoms with van der Waals surface area (Å²) in [5.74, 6) is -1.55. The van der Waals surface area contributed by atoms with E-state index in [0.29, 0.717) is 5.69 Å². The van der Waals surface area contributed by atoms with E-state index in [2.05, 4.69) is 5.32 Å².